The molecule has 13 heterocycles. The molecule has 3 aromatic carbocycles. The number of rotatable bonds is 19. The molecule has 16 rings (SSSR count). The van der Waals surface area contributed by atoms with Gasteiger partial charge in [-0.15, -0.1) is 45.3 Å². The number of carbonyl (C=O) groups is 4. The van der Waals surface area contributed by atoms with Gasteiger partial charge < -0.3 is 50.0 Å². The van der Waals surface area contributed by atoms with Crippen LogP contribution in [0.3, 0.4) is 0 Å². The minimum atomic E-state index is -4.03. The first-order valence-electron chi connectivity index (χ1n) is 36.3. The summed E-state index contributed by atoms with van der Waals surface area (Å²) < 4.78 is 164. The topological polar surface area (TPSA) is 472 Å². The van der Waals surface area contributed by atoms with Crippen LogP contribution >= 0.6 is 80.1 Å². The maximum atomic E-state index is 14.2. The molecule has 0 aliphatic carbocycles. The molecule has 35 nitrogen and oxygen atoms in total. The molecule has 8 aromatic rings. The van der Waals surface area contributed by atoms with E-state index in [1.54, 1.807) is 55.6 Å². The number of fused-ring (bicyclic) bond motifs is 4. The average Bonchev–Trinajstić information content (AvgIpc) is 1.54. The number of carbonyl (C=O) groups excluding carboxylic acids is 4. The quantitative estimate of drug-likeness (QED) is 0.00851. The largest absolute Gasteiger partial charge is 0.466 e. The van der Waals surface area contributed by atoms with Crippen molar-refractivity contribution in [1.29, 1.82) is 0 Å². The Bertz CT molecular complexity index is 6170. The van der Waals surface area contributed by atoms with Gasteiger partial charge >= 0.3 is 23.9 Å². The van der Waals surface area contributed by atoms with Crippen LogP contribution in [-0.4, -0.2) is 224 Å². The van der Waals surface area contributed by atoms with Crippen LogP contribution in [-0.2, 0) is 68.4 Å². The van der Waals surface area contributed by atoms with Crippen molar-refractivity contribution in [2.75, 3.05) is 67.1 Å². The number of hydrogen-bond acceptors (Lipinski definition) is 33. The smallest absolute Gasteiger partial charge is 0.338 e. The summed E-state index contributed by atoms with van der Waals surface area (Å²) in [4.78, 5) is 103. The number of ether oxygens (including phenoxy) is 4. The number of amidine groups is 4. The Balaban J connectivity index is 0.000000142. The van der Waals surface area contributed by atoms with E-state index in [1.807, 2.05) is 10.3 Å². The summed E-state index contributed by atoms with van der Waals surface area (Å²) in [6.07, 6.45) is 10.2. The molecule has 8 atom stereocenters. The van der Waals surface area contributed by atoms with Gasteiger partial charge in [0, 0.05) is 160 Å². The number of methoxy groups -OCH3 is 4. The van der Waals surface area contributed by atoms with Crippen LogP contribution in [0.25, 0.3) is 0 Å². The number of hydrogen-bond donors (Lipinski definition) is 6. The van der Waals surface area contributed by atoms with E-state index < -0.39 is 131 Å². The van der Waals surface area contributed by atoms with E-state index >= 15 is 0 Å². The number of benzene rings is 3. The van der Waals surface area contributed by atoms with E-state index in [2.05, 4.69) is 44.3 Å². The Morgan fingerprint density at radius 3 is 1.27 bits per heavy atom. The molecule has 5 aromatic heterocycles. The van der Waals surface area contributed by atoms with E-state index in [0.29, 0.717) is 102 Å². The maximum Gasteiger partial charge on any atom is 0.338 e. The normalized spacial score (nSPS) is 21.0. The summed E-state index contributed by atoms with van der Waals surface area (Å²) >= 11 is 24.0. The third-order valence-electron chi connectivity index (χ3n) is 19.7. The first kappa shape index (κ1) is 91.2. The molecule has 0 amide bonds. The van der Waals surface area contributed by atoms with Gasteiger partial charge in [0.2, 0.25) is 20.0 Å². The number of halogens is 8. The number of aromatic nitrogens is 5. The zero-order chi connectivity index (χ0) is 89.3. The zero-order valence-corrected chi connectivity index (χ0v) is 73.2. The minimum Gasteiger partial charge on any atom is -0.466 e. The summed E-state index contributed by atoms with van der Waals surface area (Å²) in [7, 11) is -6.46. The van der Waals surface area contributed by atoms with Gasteiger partial charge in [-0.25, -0.2) is 92.8 Å². The molecule has 0 bridgehead atoms. The molecule has 0 spiro atoms. The number of sulfonamides is 2. The monoisotopic (exact) mass is 1900 g/mol. The number of esters is 4. The predicted octanol–water partition coefficient (Wildman–Crippen LogP) is 7.90. The van der Waals surface area contributed by atoms with E-state index in [9.17, 15) is 71.6 Å². The Morgan fingerprint density at radius 1 is 0.508 bits per heavy atom. The van der Waals surface area contributed by atoms with Gasteiger partial charge in [-0.3, -0.25) is 30.2 Å². The second-order valence-corrected chi connectivity index (χ2v) is 37.5. The number of nitrogens with one attached hydrogen (secondary N) is 2. The first-order valence-corrected chi connectivity index (χ1v) is 46.3. The SMILES string of the molecule is COC(=O)C1=C2C[C@H](N(O)S(C)(=O)=O)CN2C(c2nccs2)=N[C@H]1c1ccc(F)cc1Cl.COC(=O)C1=C2C[C@H](N=C(N)N)CN2C(c2nccs2)=N[C@H]1c1ccc(F)cc1Cl.COC(=O)C1=C2C[C@H](NS(C)(=O)=O)CN2C(c2nccs2)=N[C@H]1c1ccc(F)cn1.COC(=O)C1=C2C[C@H](NS(N)(=O)=O)CN2C(c2nccs2)=N[C@@H]1c1ccc(F)c(F)c1Cl. The molecule has 4 fully saturated rings. The summed E-state index contributed by atoms with van der Waals surface area (Å²) in [5.74, 6) is -4.81. The standard InChI is InChI=1S/C19H18ClFN6O2S.C19H18ClFN4O5S2.C18H16ClF2N5O4S2.C18H18FN5O4S2/c1-29-18(28)14-13-7-10(25-19(22)23)8-27(13)16(17-24-4-5-30-17)26-15(14)11-3-2-9(21)6-12(11)20;1-30-19(26)15-14-8-11(25(27)32(2,28)29)9-24(14)17(18-22-5-6-31-18)23-16(15)12-4-3-10(21)7-13(12)20;1-30-18(27)12-11-6-8(25-32(22,28)29)7-26(11)16(17-23-4-5-31-17)24-15(12)9-2-3-10(20)14(21)13(9)19;1-28-18(25)14-13-7-11(23-30(2,26)27)9-24(13)16(17-20-5-6-29-17)22-15(14)12-4-3-10(19)8-21-12/h2-6,10,15H,7-8H2,1H3,(H4,22,23,25);3-7,11,16,27H,8-9H2,1-2H3;2-5,8,15,25H,6-7H2,1H3,(H2,22,28,29);3-6,8,11,15,23H,7,9H2,1-2H3/t10-,15-;11-,16-;8-,15+;11-,15-/m0000/s1. The van der Waals surface area contributed by atoms with Crippen LogP contribution < -0.4 is 26.1 Å². The Kier molecular flexibility index (Phi) is 27.8. The van der Waals surface area contributed by atoms with Crippen molar-refractivity contribution in [3.8, 4) is 0 Å². The molecule has 124 heavy (non-hydrogen) atoms. The number of thiazole rings is 4. The number of pyridine rings is 1. The molecule has 50 heteroatoms. The van der Waals surface area contributed by atoms with Crippen LogP contribution in [0.5, 0.6) is 0 Å². The van der Waals surface area contributed by atoms with Gasteiger partial charge in [0.1, 0.15) is 41.6 Å². The van der Waals surface area contributed by atoms with Crippen molar-refractivity contribution in [1.82, 2.24) is 58.4 Å². The van der Waals surface area contributed by atoms with E-state index in [1.165, 1.54) is 122 Å². The molecule has 0 radical (unpaired) electrons. The predicted molar refractivity (Wildman–Crippen MR) is 449 cm³/mol. The van der Waals surface area contributed by atoms with Crippen molar-refractivity contribution < 1.29 is 90.5 Å². The summed E-state index contributed by atoms with van der Waals surface area (Å²) in [5, 5.41) is 24.5. The maximum absolute atomic E-state index is 14.2. The van der Waals surface area contributed by atoms with E-state index in [4.69, 9.17) is 85.3 Å². The molecule has 9 N–H and O–H groups in total. The van der Waals surface area contributed by atoms with Gasteiger partial charge in [0.15, 0.2) is 61.0 Å². The van der Waals surface area contributed by atoms with Crippen molar-refractivity contribution in [2.45, 2.75) is 74.0 Å². The fourth-order valence-electron chi connectivity index (χ4n) is 14.9. The van der Waals surface area contributed by atoms with Gasteiger partial charge in [-0.05, 0) is 42.5 Å². The highest BCUT2D eigenvalue weighted by molar-refractivity contribution is 7.88. The lowest BCUT2D eigenvalue weighted by molar-refractivity contribution is -0.137. The highest BCUT2D eigenvalue weighted by Gasteiger charge is 2.49. The zero-order valence-electron chi connectivity index (χ0n) is 65.2. The fourth-order valence-corrected chi connectivity index (χ4v) is 20.3. The van der Waals surface area contributed by atoms with Gasteiger partial charge in [0.25, 0.3) is 10.2 Å². The van der Waals surface area contributed by atoms with Crippen LogP contribution in [0.1, 0.15) is 92.3 Å². The van der Waals surface area contributed by atoms with Gasteiger partial charge in [-0.2, -0.15) is 13.1 Å². The van der Waals surface area contributed by atoms with Crippen molar-refractivity contribution in [3.05, 3.63) is 245 Å². The Morgan fingerprint density at radius 2 is 0.887 bits per heavy atom. The number of nitrogens with two attached hydrogens (primary N) is 3. The van der Waals surface area contributed by atoms with Crippen molar-refractivity contribution in [2.24, 2.45) is 41.6 Å². The first-order chi connectivity index (χ1) is 58.9. The lowest BCUT2D eigenvalue weighted by Crippen LogP contribution is -2.42. The molecule has 0 saturated carbocycles. The van der Waals surface area contributed by atoms with Crippen LogP contribution in [0.2, 0.25) is 15.1 Å². The second kappa shape index (κ2) is 37.7. The minimum absolute atomic E-state index is 0.0215. The summed E-state index contributed by atoms with van der Waals surface area (Å²) in [5.41, 5.74) is 15.2. The third kappa shape index (κ3) is 19.8. The Hall–Kier alpha value is -10.5. The Labute approximate surface area is 734 Å². The molecular formula is C74H70Cl3F5N20O15S7. The number of aliphatic imine (C=N–C) groups is 5. The number of nitrogens with zero attached hydrogens (tertiary/aromatic N) is 15. The van der Waals surface area contributed by atoms with Gasteiger partial charge in [0.05, 0.1) is 92.2 Å². The fraction of sp³-hybridized carbons (Fsp3) is 0.297. The summed E-state index contributed by atoms with van der Waals surface area (Å²) in [6.45, 7) is 0.867. The van der Waals surface area contributed by atoms with Crippen LogP contribution in [0.4, 0.5) is 22.0 Å². The molecule has 654 valence electrons. The highest BCUT2D eigenvalue weighted by atomic mass is 35.5. The lowest BCUT2D eigenvalue weighted by atomic mass is 9.94. The van der Waals surface area contributed by atoms with E-state index in [-0.39, 0.29) is 87.7 Å². The van der Waals surface area contributed by atoms with E-state index in [0.717, 1.165) is 30.8 Å². The van der Waals surface area contributed by atoms with Crippen molar-refractivity contribution in [3.63, 3.8) is 0 Å². The molecule has 0 unspecified atom stereocenters. The molecule has 4 saturated heterocycles. The molecule has 8 aliphatic heterocycles. The molecular weight excluding hydrogens is 1830 g/mol. The summed E-state index contributed by atoms with van der Waals surface area (Å²) in [6, 6.07) is 6.64. The van der Waals surface area contributed by atoms with Crippen LogP contribution in [0.15, 0.2) is 183 Å². The van der Waals surface area contributed by atoms with Crippen molar-refractivity contribution >= 4 is 164 Å². The second-order valence-electron chi connectivity index (χ2n) is 27.8. The molecule has 8 aliphatic rings. The van der Waals surface area contributed by atoms with Crippen LogP contribution in [0, 0.1) is 29.1 Å². The average molecular weight is 1910 g/mol. The third-order valence-corrected chi connectivity index (χ3v) is 26.2. The highest BCUT2D eigenvalue weighted by Crippen LogP contribution is 2.48. The van der Waals surface area contributed by atoms with Gasteiger partial charge in [-0.1, -0.05) is 57.5 Å². The lowest BCUT2D eigenvalue weighted by Gasteiger charge is -2.31. The number of guanidine groups is 1. The number of hydroxylamine groups is 1.